The molecule has 0 aliphatic heterocycles. The standard InChI is InChI=1S/C11H13NO2/c13-10(9-5-2-1-3-6-9)11(12-14)7-4-8-11/h1-3,5-6,12,14H,4,7-8H2. The topological polar surface area (TPSA) is 49.3 Å². The number of ketones is 1. The summed E-state index contributed by atoms with van der Waals surface area (Å²) in [5, 5.41) is 9.00. The van der Waals surface area contributed by atoms with Crippen LogP contribution in [0, 0.1) is 0 Å². The quantitative estimate of drug-likeness (QED) is 0.565. The number of Topliss-reactive ketones (excluding diaryl/α,β-unsaturated/α-hetero) is 1. The van der Waals surface area contributed by atoms with Gasteiger partial charge in [-0.3, -0.25) is 4.79 Å². The van der Waals surface area contributed by atoms with Crippen LogP contribution in [0.25, 0.3) is 0 Å². The SMILES string of the molecule is O=C(c1ccccc1)C1(NO)CCC1. The zero-order valence-electron chi connectivity index (χ0n) is 7.86. The Labute approximate surface area is 82.7 Å². The molecule has 2 N–H and O–H groups in total. The predicted octanol–water partition coefficient (Wildman–Crippen LogP) is 1.77. The van der Waals surface area contributed by atoms with Crippen molar-refractivity contribution in [3.05, 3.63) is 35.9 Å². The third-order valence-corrected chi connectivity index (χ3v) is 2.89. The normalized spacial score (nSPS) is 18.6. The zero-order chi connectivity index (χ0) is 10.0. The summed E-state index contributed by atoms with van der Waals surface area (Å²) in [6, 6.07) is 9.09. The van der Waals surface area contributed by atoms with Crippen molar-refractivity contribution < 1.29 is 10.0 Å². The van der Waals surface area contributed by atoms with E-state index in [1.165, 1.54) is 0 Å². The van der Waals surface area contributed by atoms with Crippen LogP contribution in [0.5, 0.6) is 0 Å². The van der Waals surface area contributed by atoms with Crippen LogP contribution in [-0.2, 0) is 0 Å². The van der Waals surface area contributed by atoms with Crippen molar-refractivity contribution in [1.29, 1.82) is 0 Å². The molecule has 0 unspecified atom stereocenters. The summed E-state index contributed by atoms with van der Waals surface area (Å²) >= 11 is 0. The minimum absolute atomic E-state index is 0.00755. The van der Waals surface area contributed by atoms with E-state index in [2.05, 4.69) is 5.48 Å². The first-order valence-electron chi connectivity index (χ1n) is 4.80. The molecular weight excluding hydrogens is 178 g/mol. The van der Waals surface area contributed by atoms with E-state index in [4.69, 9.17) is 5.21 Å². The maximum Gasteiger partial charge on any atom is 0.185 e. The summed E-state index contributed by atoms with van der Waals surface area (Å²) < 4.78 is 0. The molecule has 0 atom stereocenters. The van der Waals surface area contributed by atoms with Crippen LogP contribution >= 0.6 is 0 Å². The maximum atomic E-state index is 12.0. The van der Waals surface area contributed by atoms with Gasteiger partial charge in [0.05, 0.1) is 0 Å². The van der Waals surface area contributed by atoms with Gasteiger partial charge in [0, 0.05) is 5.56 Å². The Morgan fingerprint density at radius 3 is 2.36 bits per heavy atom. The highest BCUT2D eigenvalue weighted by molar-refractivity contribution is 6.03. The second kappa shape index (κ2) is 3.52. The predicted molar refractivity (Wildman–Crippen MR) is 52.3 cm³/mol. The van der Waals surface area contributed by atoms with Gasteiger partial charge >= 0.3 is 0 Å². The molecule has 0 amide bonds. The molecule has 74 valence electrons. The van der Waals surface area contributed by atoms with Crippen molar-refractivity contribution in [3.63, 3.8) is 0 Å². The van der Waals surface area contributed by atoms with E-state index in [0.717, 1.165) is 19.3 Å². The number of rotatable bonds is 3. The second-order valence-corrected chi connectivity index (χ2v) is 3.74. The third-order valence-electron chi connectivity index (χ3n) is 2.89. The van der Waals surface area contributed by atoms with Crippen LogP contribution in [-0.4, -0.2) is 16.5 Å². The fourth-order valence-electron chi connectivity index (χ4n) is 1.79. The molecule has 0 radical (unpaired) electrons. The van der Waals surface area contributed by atoms with Crippen molar-refractivity contribution >= 4 is 5.78 Å². The Kier molecular flexibility index (Phi) is 2.35. The zero-order valence-corrected chi connectivity index (χ0v) is 7.86. The summed E-state index contributed by atoms with van der Waals surface area (Å²) in [5.74, 6) is -0.00755. The Hall–Kier alpha value is -1.19. The average molecular weight is 191 g/mol. The molecule has 3 nitrogen and oxygen atoms in total. The van der Waals surface area contributed by atoms with Crippen LogP contribution in [0.15, 0.2) is 30.3 Å². The second-order valence-electron chi connectivity index (χ2n) is 3.74. The van der Waals surface area contributed by atoms with E-state index < -0.39 is 5.54 Å². The lowest BCUT2D eigenvalue weighted by molar-refractivity contribution is 0.0156. The van der Waals surface area contributed by atoms with Crippen molar-refractivity contribution in [2.45, 2.75) is 24.8 Å². The fraction of sp³-hybridized carbons (Fsp3) is 0.364. The first kappa shape index (κ1) is 9.37. The van der Waals surface area contributed by atoms with E-state index in [-0.39, 0.29) is 5.78 Å². The molecule has 0 bridgehead atoms. The highest BCUT2D eigenvalue weighted by Crippen LogP contribution is 2.34. The van der Waals surface area contributed by atoms with E-state index in [9.17, 15) is 4.79 Å². The van der Waals surface area contributed by atoms with Gasteiger partial charge in [-0.1, -0.05) is 30.3 Å². The summed E-state index contributed by atoms with van der Waals surface area (Å²) in [7, 11) is 0. The van der Waals surface area contributed by atoms with E-state index in [0.29, 0.717) is 5.56 Å². The molecule has 1 aromatic carbocycles. The van der Waals surface area contributed by atoms with Gasteiger partial charge in [0.15, 0.2) is 5.78 Å². The molecule has 1 aliphatic rings. The molecule has 1 saturated carbocycles. The maximum absolute atomic E-state index is 12.0. The lowest BCUT2D eigenvalue weighted by Gasteiger charge is -2.38. The molecule has 2 rings (SSSR count). The highest BCUT2D eigenvalue weighted by atomic mass is 16.5. The number of hydroxylamine groups is 1. The van der Waals surface area contributed by atoms with Crippen molar-refractivity contribution in [3.8, 4) is 0 Å². The number of benzene rings is 1. The van der Waals surface area contributed by atoms with Crippen LogP contribution in [0.2, 0.25) is 0 Å². The van der Waals surface area contributed by atoms with Gasteiger partial charge in [-0.2, -0.15) is 5.48 Å². The monoisotopic (exact) mass is 191 g/mol. The van der Waals surface area contributed by atoms with Gasteiger partial charge in [-0.15, -0.1) is 0 Å². The summed E-state index contributed by atoms with van der Waals surface area (Å²) in [5.41, 5.74) is 2.12. The lowest BCUT2D eigenvalue weighted by atomic mass is 9.72. The number of hydrogen-bond donors (Lipinski definition) is 2. The number of hydrogen-bond acceptors (Lipinski definition) is 3. The molecule has 0 heterocycles. The van der Waals surface area contributed by atoms with Gasteiger partial charge in [0.1, 0.15) is 5.54 Å². The van der Waals surface area contributed by atoms with Crippen molar-refractivity contribution in [2.24, 2.45) is 0 Å². The first-order chi connectivity index (χ1) is 6.78. The van der Waals surface area contributed by atoms with Crippen LogP contribution in [0.4, 0.5) is 0 Å². The van der Waals surface area contributed by atoms with Gasteiger partial charge in [-0.25, -0.2) is 0 Å². The van der Waals surface area contributed by atoms with Gasteiger partial charge in [0.2, 0.25) is 0 Å². The van der Waals surface area contributed by atoms with Gasteiger partial charge in [0.25, 0.3) is 0 Å². The van der Waals surface area contributed by atoms with Crippen LogP contribution in [0.3, 0.4) is 0 Å². The summed E-state index contributed by atoms with van der Waals surface area (Å²) in [6.07, 6.45) is 2.43. The third kappa shape index (κ3) is 1.35. The van der Waals surface area contributed by atoms with Crippen LogP contribution in [0.1, 0.15) is 29.6 Å². The Morgan fingerprint density at radius 2 is 1.93 bits per heavy atom. The molecule has 0 spiro atoms. The minimum atomic E-state index is -0.707. The van der Waals surface area contributed by atoms with Crippen LogP contribution < -0.4 is 5.48 Å². The van der Waals surface area contributed by atoms with Crippen molar-refractivity contribution in [1.82, 2.24) is 5.48 Å². The largest absolute Gasteiger partial charge is 0.316 e. The summed E-state index contributed by atoms with van der Waals surface area (Å²) in [6.45, 7) is 0. The fourth-order valence-corrected chi connectivity index (χ4v) is 1.79. The van der Waals surface area contributed by atoms with E-state index >= 15 is 0 Å². The molecule has 3 heteroatoms. The van der Waals surface area contributed by atoms with Gasteiger partial charge in [-0.05, 0) is 19.3 Å². The molecule has 14 heavy (non-hydrogen) atoms. The average Bonchev–Trinajstić information content (AvgIpc) is 2.18. The Bertz CT molecular complexity index is 325. The van der Waals surface area contributed by atoms with Gasteiger partial charge < -0.3 is 5.21 Å². The molecule has 1 fully saturated rings. The van der Waals surface area contributed by atoms with E-state index in [1.54, 1.807) is 12.1 Å². The molecule has 1 aliphatic carbocycles. The number of carbonyl (C=O) groups is 1. The molecule has 0 aromatic heterocycles. The number of carbonyl (C=O) groups excluding carboxylic acids is 1. The number of nitrogens with one attached hydrogen (secondary N) is 1. The van der Waals surface area contributed by atoms with Crippen molar-refractivity contribution in [2.75, 3.05) is 0 Å². The van der Waals surface area contributed by atoms with E-state index in [1.807, 2.05) is 18.2 Å². The summed E-state index contributed by atoms with van der Waals surface area (Å²) in [4.78, 5) is 12.0. The smallest absolute Gasteiger partial charge is 0.185 e. The Morgan fingerprint density at radius 1 is 1.29 bits per heavy atom. The molecule has 1 aromatic rings. The minimum Gasteiger partial charge on any atom is -0.316 e. The lowest BCUT2D eigenvalue weighted by Crippen LogP contribution is -2.55. The highest BCUT2D eigenvalue weighted by Gasteiger charge is 2.43. The molecular formula is C11H13NO2. The first-order valence-corrected chi connectivity index (χ1v) is 4.80. The molecule has 0 saturated heterocycles. The Balaban J connectivity index is 2.23.